The molecule has 8 nitrogen and oxygen atoms in total. The maximum atomic E-state index is 13.2. The van der Waals surface area contributed by atoms with Crippen molar-refractivity contribution in [3.8, 4) is 0 Å². The first-order valence-corrected chi connectivity index (χ1v) is 12.3. The number of para-hydroxylation sites is 1. The van der Waals surface area contributed by atoms with Crippen molar-refractivity contribution < 1.29 is 24.3 Å². The average Bonchev–Trinajstić information content (AvgIpc) is 3.28. The Morgan fingerprint density at radius 3 is 2.35 bits per heavy atom. The monoisotopic (exact) mass is 467 g/mol. The fourth-order valence-electron chi connectivity index (χ4n) is 5.84. The van der Waals surface area contributed by atoms with Gasteiger partial charge in [0.15, 0.2) is 0 Å². The minimum atomic E-state index is -1.27. The molecule has 4 rings (SSSR count). The molecule has 0 saturated heterocycles. The van der Waals surface area contributed by atoms with Gasteiger partial charge in [-0.2, -0.15) is 0 Å². The molecule has 0 atom stereocenters. The zero-order valence-corrected chi connectivity index (χ0v) is 19.5. The highest BCUT2D eigenvalue weighted by molar-refractivity contribution is 6.45. The van der Waals surface area contributed by atoms with Crippen LogP contribution in [0.2, 0.25) is 0 Å². The smallest absolute Gasteiger partial charge is 0.323 e. The standard InChI is InChI=1S/C26H33N3O5/c30-22(28-26(13-7-2-8-14-26)18-9-3-1-4-10-18)16-29(17-23(31)32)25(34)24(33)20-15-27-21-12-6-5-11-19(20)21/h5-6,11-12,15,18,27H,1-4,7-10,13-14,16-17H2,(H,28,30)(H,31,32). The number of nitrogens with zero attached hydrogens (tertiary/aromatic N) is 1. The van der Waals surface area contributed by atoms with E-state index in [0.29, 0.717) is 16.8 Å². The van der Waals surface area contributed by atoms with Crippen molar-refractivity contribution in [1.29, 1.82) is 0 Å². The van der Waals surface area contributed by atoms with Crippen LogP contribution < -0.4 is 5.32 Å². The molecule has 1 aromatic carbocycles. The van der Waals surface area contributed by atoms with Crippen LogP contribution in [0, 0.1) is 5.92 Å². The predicted molar refractivity (Wildman–Crippen MR) is 127 cm³/mol. The number of hydrogen-bond donors (Lipinski definition) is 3. The SMILES string of the molecule is O=C(O)CN(CC(=O)NC1(C2CCCCC2)CCCCC1)C(=O)C(=O)c1c[nH]c2ccccc12. The Bertz CT molecular complexity index is 1060. The first-order chi connectivity index (χ1) is 16.4. The van der Waals surface area contributed by atoms with Gasteiger partial charge >= 0.3 is 5.97 Å². The van der Waals surface area contributed by atoms with Crippen molar-refractivity contribution in [2.45, 2.75) is 69.7 Å². The summed E-state index contributed by atoms with van der Waals surface area (Å²) in [5, 5.41) is 13.2. The molecular weight excluding hydrogens is 434 g/mol. The second-order valence-corrected chi connectivity index (χ2v) is 9.73. The molecule has 2 fully saturated rings. The molecule has 0 spiro atoms. The topological polar surface area (TPSA) is 120 Å². The molecule has 34 heavy (non-hydrogen) atoms. The number of carbonyl (C=O) groups excluding carboxylic acids is 3. The van der Waals surface area contributed by atoms with E-state index < -0.39 is 36.7 Å². The molecular formula is C26H33N3O5. The zero-order chi connectivity index (χ0) is 24.1. The number of amides is 2. The van der Waals surface area contributed by atoms with Gasteiger partial charge < -0.3 is 20.3 Å². The molecule has 2 saturated carbocycles. The summed E-state index contributed by atoms with van der Waals surface area (Å²) in [6.45, 7) is -1.16. The lowest BCUT2D eigenvalue weighted by atomic mass is 9.67. The number of carboxylic acids is 1. The summed E-state index contributed by atoms with van der Waals surface area (Å²) in [6, 6.07) is 7.07. The molecule has 1 heterocycles. The Morgan fingerprint density at radius 2 is 1.65 bits per heavy atom. The summed E-state index contributed by atoms with van der Waals surface area (Å²) in [5.41, 5.74) is 0.574. The van der Waals surface area contributed by atoms with Crippen LogP contribution in [0.3, 0.4) is 0 Å². The quantitative estimate of drug-likeness (QED) is 0.404. The van der Waals surface area contributed by atoms with E-state index in [9.17, 15) is 24.3 Å². The van der Waals surface area contributed by atoms with Crippen molar-refractivity contribution in [3.63, 3.8) is 0 Å². The highest BCUT2D eigenvalue weighted by Gasteiger charge is 2.41. The highest BCUT2D eigenvalue weighted by atomic mass is 16.4. The van der Waals surface area contributed by atoms with E-state index in [1.165, 1.54) is 12.6 Å². The first-order valence-electron chi connectivity index (χ1n) is 12.3. The molecule has 0 unspecified atom stereocenters. The third-order valence-corrected chi connectivity index (χ3v) is 7.50. The van der Waals surface area contributed by atoms with E-state index in [2.05, 4.69) is 10.3 Å². The van der Waals surface area contributed by atoms with Gasteiger partial charge in [0.2, 0.25) is 5.91 Å². The number of nitrogens with one attached hydrogen (secondary N) is 2. The van der Waals surface area contributed by atoms with Gasteiger partial charge in [-0.3, -0.25) is 19.2 Å². The third-order valence-electron chi connectivity index (χ3n) is 7.50. The Hall–Kier alpha value is -3.16. The molecule has 0 radical (unpaired) electrons. The van der Waals surface area contributed by atoms with Gasteiger partial charge in [-0.25, -0.2) is 0 Å². The van der Waals surface area contributed by atoms with E-state index in [4.69, 9.17) is 0 Å². The van der Waals surface area contributed by atoms with Crippen LogP contribution in [0.4, 0.5) is 0 Å². The second kappa shape index (κ2) is 10.4. The van der Waals surface area contributed by atoms with Crippen LogP contribution in [0.25, 0.3) is 10.9 Å². The molecule has 2 aliphatic rings. The fourth-order valence-corrected chi connectivity index (χ4v) is 5.84. The molecule has 8 heteroatoms. The maximum absolute atomic E-state index is 13.2. The molecule has 182 valence electrons. The third kappa shape index (κ3) is 5.16. The maximum Gasteiger partial charge on any atom is 0.323 e. The molecule has 1 aromatic heterocycles. The number of fused-ring (bicyclic) bond motifs is 1. The number of H-pyrrole nitrogens is 1. The Kier molecular flexibility index (Phi) is 7.34. The molecule has 2 aromatic rings. The fraction of sp³-hybridized carbons (Fsp3) is 0.538. The highest BCUT2D eigenvalue weighted by Crippen LogP contribution is 2.41. The number of aromatic nitrogens is 1. The average molecular weight is 468 g/mol. The van der Waals surface area contributed by atoms with Crippen molar-refractivity contribution in [3.05, 3.63) is 36.0 Å². The van der Waals surface area contributed by atoms with Crippen LogP contribution in [-0.4, -0.2) is 57.2 Å². The van der Waals surface area contributed by atoms with Gasteiger partial charge in [0, 0.05) is 22.6 Å². The van der Waals surface area contributed by atoms with Gasteiger partial charge in [0.05, 0.1) is 5.56 Å². The summed E-state index contributed by atoms with van der Waals surface area (Å²) in [7, 11) is 0. The number of Topliss-reactive ketones (excluding diaryl/α,β-unsaturated/α-hetero) is 1. The number of aromatic amines is 1. The van der Waals surface area contributed by atoms with Gasteiger partial charge in [-0.15, -0.1) is 0 Å². The first kappa shape index (κ1) is 24.0. The van der Waals surface area contributed by atoms with Gasteiger partial charge in [0.25, 0.3) is 11.7 Å². The number of benzene rings is 1. The number of aliphatic carboxylic acids is 1. The Labute approximate surface area is 199 Å². The van der Waals surface area contributed by atoms with Gasteiger partial charge in [-0.1, -0.05) is 56.7 Å². The number of ketones is 1. The van der Waals surface area contributed by atoms with Crippen LogP contribution in [0.15, 0.2) is 30.5 Å². The lowest BCUT2D eigenvalue weighted by molar-refractivity contribution is -0.144. The van der Waals surface area contributed by atoms with Crippen molar-refractivity contribution in [2.75, 3.05) is 13.1 Å². The van der Waals surface area contributed by atoms with E-state index >= 15 is 0 Å². The van der Waals surface area contributed by atoms with Crippen LogP contribution >= 0.6 is 0 Å². The van der Waals surface area contributed by atoms with Gasteiger partial charge in [0.1, 0.15) is 13.1 Å². The minimum Gasteiger partial charge on any atom is -0.480 e. The van der Waals surface area contributed by atoms with Crippen LogP contribution in [0.1, 0.15) is 74.6 Å². The Balaban J connectivity index is 1.50. The van der Waals surface area contributed by atoms with Gasteiger partial charge in [-0.05, 0) is 37.7 Å². The second-order valence-electron chi connectivity index (χ2n) is 9.73. The lowest BCUT2D eigenvalue weighted by Gasteiger charge is -2.46. The summed E-state index contributed by atoms with van der Waals surface area (Å²) < 4.78 is 0. The van der Waals surface area contributed by atoms with E-state index in [0.717, 1.165) is 62.7 Å². The molecule has 2 aliphatic carbocycles. The molecule has 0 aliphatic heterocycles. The number of carbonyl (C=O) groups is 4. The van der Waals surface area contributed by atoms with E-state index in [-0.39, 0.29) is 11.1 Å². The normalized spacial score (nSPS) is 18.4. The van der Waals surface area contributed by atoms with Crippen LogP contribution in [0.5, 0.6) is 0 Å². The zero-order valence-electron chi connectivity index (χ0n) is 19.5. The van der Waals surface area contributed by atoms with Crippen molar-refractivity contribution in [2.24, 2.45) is 5.92 Å². The Morgan fingerprint density at radius 1 is 0.971 bits per heavy atom. The minimum absolute atomic E-state index is 0.169. The summed E-state index contributed by atoms with van der Waals surface area (Å²) >= 11 is 0. The predicted octanol–water partition coefficient (Wildman–Crippen LogP) is 3.66. The number of rotatable bonds is 8. The summed E-state index contributed by atoms with van der Waals surface area (Å²) in [5.74, 6) is -3.08. The largest absolute Gasteiger partial charge is 0.480 e. The van der Waals surface area contributed by atoms with Crippen LogP contribution in [-0.2, 0) is 14.4 Å². The van der Waals surface area contributed by atoms with E-state index in [1.807, 2.05) is 6.07 Å². The van der Waals surface area contributed by atoms with Crippen molar-refractivity contribution >= 4 is 34.5 Å². The molecule has 3 N–H and O–H groups in total. The van der Waals surface area contributed by atoms with Crippen molar-refractivity contribution in [1.82, 2.24) is 15.2 Å². The lowest BCUT2D eigenvalue weighted by Crippen LogP contribution is -2.58. The number of hydrogen-bond acceptors (Lipinski definition) is 4. The molecule has 2 amide bonds. The summed E-state index contributed by atoms with van der Waals surface area (Å²) in [6.07, 6.45) is 12.2. The summed E-state index contributed by atoms with van der Waals surface area (Å²) in [4.78, 5) is 54.5. The number of carboxylic acid groups (broad SMARTS) is 1. The van der Waals surface area contributed by atoms with E-state index in [1.54, 1.807) is 18.2 Å². The molecule has 0 bridgehead atoms.